The number of amides is 3. The van der Waals surface area contributed by atoms with Gasteiger partial charge in [-0.05, 0) is 38.6 Å². The summed E-state index contributed by atoms with van der Waals surface area (Å²) in [4.78, 5) is 35.6. The van der Waals surface area contributed by atoms with Crippen molar-refractivity contribution >= 4 is 18.2 Å². The van der Waals surface area contributed by atoms with E-state index in [-0.39, 0.29) is 23.8 Å². The standard InChI is InChI=1S/C13H25N3O2.C5H11NO.C2H6/c1-13(2,3)11(15-10(17)9-14-4)12(18)16-7-5-6-8-16;1-3-5(2)6-4-7;1-2/h11,14H,5-9H2,1-4H3,(H,15,17);4-5H,3H2,1-2H3,(H,6,7);1-2H3. The first-order chi connectivity index (χ1) is 12.7. The lowest BCUT2D eigenvalue weighted by Gasteiger charge is -2.33. The molecule has 1 aliphatic heterocycles. The molecule has 27 heavy (non-hydrogen) atoms. The van der Waals surface area contributed by atoms with E-state index >= 15 is 0 Å². The average Bonchev–Trinajstić information content (AvgIpc) is 3.15. The zero-order chi connectivity index (χ0) is 21.5. The first-order valence-corrected chi connectivity index (χ1v) is 10.1. The molecular formula is C20H42N4O3. The zero-order valence-corrected chi connectivity index (χ0v) is 18.6. The number of carbonyl (C=O) groups excluding carboxylic acids is 3. The van der Waals surface area contributed by atoms with Gasteiger partial charge in [0.25, 0.3) is 0 Å². The van der Waals surface area contributed by atoms with Gasteiger partial charge in [0, 0.05) is 19.1 Å². The smallest absolute Gasteiger partial charge is 0.245 e. The van der Waals surface area contributed by atoms with Crippen LogP contribution < -0.4 is 16.0 Å². The summed E-state index contributed by atoms with van der Waals surface area (Å²) in [6.07, 6.45) is 3.85. The van der Waals surface area contributed by atoms with Crippen LogP contribution in [-0.2, 0) is 14.4 Å². The molecule has 1 saturated heterocycles. The molecule has 3 N–H and O–H groups in total. The second kappa shape index (κ2) is 15.4. The van der Waals surface area contributed by atoms with E-state index in [2.05, 4.69) is 16.0 Å². The topological polar surface area (TPSA) is 90.5 Å². The van der Waals surface area contributed by atoms with Crippen LogP contribution in [0.3, 0.4) is 0 Å². The third kappa shape index (κ3) is 12.4. The average molecular weight is 387 g/mol. The normalized spacial score (nSPS) is 15.3. The number of carbonyl (C=O) groups is 3. The molecule has 7 heteroatoms. The highest BCUT2D eigenvalue weighted by Gasteiger charge is 2.36. The highest BCUT2D eigenvalue weighted by atomic mass is 16.2. The third-order valence-corrected chi connectivity index (χ3v) is 4.14. The van der Waals surface area contributed by atoms with Gasteiger partial charge in [0.05, 0.1) is 6.54 Å². The summed E-state index contributed by atoms with van der Waals surface area (Å²) in [7, 11) is 1.72. The van der Waals surface area contributed by atoms with Crippen molar-refractivity contribution < 1.29 is 14.4 Å². The predicted octanol–water partition coefficient (Wildman–Crippen LogP) is 1.92. The minimum Gasteiger partial charge on any atom is -0.356 e. The van der Waals surface area contributed by atoms with E-state index in [0.29, 0.717) is 6.04 Å². The monoisotopic (exact) mass is 386 g/mol. The molecule has 2 atom stereocenters. The summed E-state index contributed by atoms with van der Waals surface area (Å²) in [6.45, 7) is 15.8. The molecule has 0 aromatic rings. The molecular weight excluding hydrogens is 344 g/mol. The fraction of sp³-hybridized carbons (Fsp3) is 0.850. The molecule has 0 spiro atoms. The summed E-state index contributed by atoms with van der Waals surface area (Å²) in [5, 5.41) is 8.25. The third-order valence-electron chi connectivity index (χ3n) is 4.14. The fourth-order valence-corrected chi connectivity index (χ4v) is 2.38. The quantitative estimate of drug-likeness (QED) is 0.583. The van der Waals surface area contributed by atoms with Crippen molar-refractivity contribution in [3.63, 3.8) is 0 Å². The molecule has 160 valence electrons. The van der Waals surface area contributed by atoms with Crippen molar-refractivity contribution in [1.82, 2.24) is 20.9 Å². The lowest BCUT2D eigenvalue weighted by Crippen LogP contribution is -2.55. The van der Waals surface area contributed by atoms with Crippen LogP contribution in [0.4, 0.5) is 0 Å². The Morgan fingerprint density at radius 1 is 1.15 bits per heavy atom. The summed E-state index contributed by atoms with van der Waals surface area (Å²) in [5.74, 6) is -0.0885. The van der Waals surface area contributed by atoms with E-state index < -0.39 is 6.04 Å². The van der Waals surface area contributed by atoms with Gasteiger partial charge >= 0.3 is 0 Å². The number of likely N-dealkylation sites (N-methyl/N-ethyl adjacent to an activating group) is 1. The van der Waals surface area contributed by atoms with Crippen LogP contribution in [0.25, 0.3) is 0 Å². The highest BCUT2D eigenvalue weighted by molar-refractivity contribution is 5.89. The molecule has 7 nitrogen and oxygen atoms in total. The van der Waals surface area contributed by atoms with Crippen molar-refractivity contribution in [2.45, 2.75) is 79.8 Å². The molecule has 1 rings (SSSR count). The van der Waals surface area contributed by atoms with E-state index in [1.165, 1.54) is 0 Å². The molecule has 1 fully saturated rings. The van der Waals surface area contributed by atoms with Crippen molar-refractivity contribution in [3.05, 3.63) is 0 Å². The lowest BCUT2D eigenvalue weighted by atomic mass is 9.85. The van der Waals surface area contributed by atoms with Crippen LogP contribution in [0, 0.1) is 5.41 Å². The summed E-state index contributed by atoms with van der Waals surface area (Å²) >= 11 is 0. The maximum absolute atomic E-state index is 12.4. The molecule has 1 aliphatic rings. The number of nitrogens with one attached hydrogen (secondary N) is 3. The van der Waals surface area contributed by atoms with Gasteiger partial charge in [0.15, 0.2) is 0 Å². The molecule has 2 unspecified atom stereocenters. The minimum atomic E-state index is -0.448. The maximum atomic E-state index is 12.4. The Morgan fingerprint density at radius 3 is 2.00 bits per heavy atom. The van der Waals surface area contributed by atoms with Crippen molar-refractivity contribution in [3.8, 4) is 0 Å². The summed E-state index contributed by atoms with van der Waals surface area (Å²) < 4.78 is 0. The number of hydrogen-bond donors (Lipinski definition) is 3. The second-order valence-corrected chi connectivity index (χ2v) is 7.52. The summed E-state index contributed by atoms with van der Waals surface area (Å²) in [5.41, 5.74) is -0.275. The molecule has 0 saturated carbocycles. The Balaban J connectivity index is 0. The Bertz CT molecular complexity index is 416. The van der Waals surface area contributed by atoms with Gasteiger partial charge in [0.2, 0.25) is 18.2 Å². The SMILES string of the molecule is CC.CCC(C)NC=O.CNCC(=O)NC(C(=O)N1CCCC1)C(C)(C)C. The van der Waals surface area contributed by atoms with Gasteiger partial charge < -0.3 is 20.9 Å². The molecule has 1 heterocycles. The van der Waals surface area contributed by atoms with Crippen LogP contribution in [-0.4, -0.2) is 61.9 Å². The number of likely N-dealkylation sites (tertiary alicyclic amines) is 1. The Hall–Kier alpha value is -1.63. The lowest BCUT2D eigenvalue weighted by molar-refractivity contribution is -0.138. The van der Waals surface area contributed by atoms with E-state index in [1.807, 2.05) is 53.4 Å². The largest absolute Gasteiger partial charge is 0.356 e. The van der Waals surface area contributed by atoms with Gasteiger partial charge in [0.1, 0.15) is 6.04 Å². The van der Waals surface area contributed by atoms with E-state index in [1.54, 1.807) is 7.05 Å². The Labute approximate surface area is 166 Å². The summed E-state index contributed by atoms with van der Waals surface area (Å²) in [6, 6.07) is -0.117. The van der Waals surface area contributed by atoms with E-state index in [9.17, 15) is 14.4 Å². The second-order valence-electron chi connectivity index (χ2n) is 7.52. The minimum absolute atomic E-state index is 0.0458. The molecule has 0 aromatic carbocycles. The number of rotatable bonds is 7. The first-order valence-electron chi connectivity index (χ1n) is 10.1. The Kier molecular flexibility index (Phi) is 15.8. The fourth-order valence-electron chi connectivity index (χ4n) is 2.38. The van der Waals surface area contributed by atoms with Gasteiger partial charge in [-0.3, -0.25) is 14.4 Å². The van der Waals surface area contributed by atoms with Gasteiger partial charge in [-0.15, -0.1) is 0 Å². The number of nitrogens with zero attached hydrogens (tertiary/aromatic N) is 1. The van der Waals surface area contributed by atoms with Crippen LogP contribution in [0.1, 0.15) is 67.7 Å². The van der Waals surface area contributed by atoms with Crippen LogP contribution in [0.15, 0.2) is 0 Å². The molecule has 0 aliphatic carbocycles. The van der Waals surface area contributed by atoms with E-state index in [0.717, 1.165) is 38.8 Å². The Morgan fingerprint density at radius 2 is 1.67 bits per heavy atom. The van der Waals surface area contributed by atoms with Crippen LogP contribution in [0.5, 0.6) is 0 Å². The molecule has 0 radical (unpaired) electrons. The van der Waals surface area contributed by atoms with Crippen LogP contribution in [0.2, 0.25) is 0 Å². The predicted molar refractivity (Wildman–Crippen MR) is 111 cm³/mol. The van der Waals surface area contributed by atoms with Crippen LogP contribution >= 0.6 is 0 Å². The molecule has 0 bridgehead atoms. The van der Waals surface area contributed by atoms with Crippen molar-refractivity contribution in [1.29, 1.82) is 0 Å². The maximum Gasteiger partial charge on any atom is 0.245 e. The van der Waals surface area contributed by atoms with Crippen molar-refractivity contribution in [2.24, 2.45) is 5.41 Å². The molecule has 3 amide bonds. The number of hydrogen-bond acceptors (Lipinski definition) is 4. The van der Waals surface area contributed by atoms with E-state index in [4.69, 9.17) is 0 Å². The first kappa shape index (κ1) is 27.6. The van der Waals surface area contributed by atoms with Gasteiger partial charge in [-0.2, -0.15) is 0 Å². The zero-order valence-electron chi connectivity index (χ0n) is 18.6. The highest BCUT2D eigenvalue weighted by Crippen LogP contribution is 2.22. The molecule has 0 aromatic heterocycles. The van der Waals surface area contributed by atoms with Crippen molar-refractivity contribution in [2.75, 3.05) is 26.7 Å². The van der Waals surface area contributed by atoms with Gasteiger partial charge in [-0.25, -0.2) is 0 Å². The van der Waals surface area contributed by atoms with Gasteiger partial charge in [-0.1, -0.05) is 41.5 Å².